The molecule has 0 aromatic rings. The van der Waals surface area contributed by atoms with E-state index in [0.29, 0.717) is 32.1 Å². The predicted molar refractivity (Wildman–Crippen MR) is 261 cm³/mol. The largest absolute Gasteiger partial charge is 0.472 e. The first kappa shape index (κ1) is 62.9. The molecular formula is C49H80O17P2. The zero-order valence-corrected chi connectivity index (χ0v) is 41.5. The molecule has 8 N–H and O–H groups in total. The fourth-order valence-corrected chi connectivity index (χ4v) is 8.00. The molecule has 1 aliphatic rings. The molecule has 5 unspecified atom stereocenters. The number of carbonyl (C=O) groups is 2. The van der Waals surface area contributed by atoms with Crippen LogP contribution in [0.15, 0.2) is 97.2 Å². The minimum atomic E-state index is -5.38. The van der Waals surface area contributed by atoms with Crippen molar-refractivity contribution in [3.05, 3.63) is 97.2 Å². The van der Waals surface area contributed by atoms with Crippen molar-refractivity contribution >= 4 is 27.6 Å². The average Bonchev–Trinajstić information content (AvgIpc) is 3.29. The van der Waals surface area contributed by atoms with Crippen molar-refractivity contribution in [2.75, 3.05) is 19.8 Å². The van der Waals surface area contributed by atoms with Gasteiger partial charge < -0.3 is 49.7 Å². The van der Waals surface area contributed by atoms with Gasteiger partial charge in [-0.3, -0.25) is 23.2 Å². The van der Waals surface area contributed by atoms with Crippen LogP contribution in [0.1, 0.15) is 135 Å². The summed E-state index contributed by atoms with van der Waals surface area (Å²) in [7, 11) is -10.7. The first-order chi connectivity index (χ1) is 32.6. The van der Waals surface area contributed by atoms with E-state index in [4.69, 9.17) is 23.6 Å². The molecule has 0 spiro atoms. The van der Waals surface area contributed by atoms with Crippen molar-refractivity contribution in [1.29, 1.82) is 0 Å². The number of esters is 2. The Labute approximate surface area is 403 Å². The van der Waals surface area contributed by atoms with Crippen LogP contribution in [0.5, 0.6) is 0 Å². The molecular weight excluding hydrogens is 922 g/mol. The van der Waals surface area contributed by atoms with Crippen molar-refractivity contribution in [2.24, 2.45) is 0 Å². The number of aliphatic hydroxyl groups is 5. The molecule has 0 aromatic heterocycles. The van der Waals surface area contributed by atoms with Crippen molar-refractivity contribution in [3.8, 4) is 0 Å². The van der Waals surface area contributed by atoms with Crippen LogP contribution in [0.2, 0.25) is 0 Å². The lowest BCUT2D eigenvalue weighted by atomic mass is 9.85. The van der Waals surface area contributed by atoms with Crippen molar-refractivity contribution in [2.45, 2.75) is 178 Å². The summed E-state index contributed by atoms with van der Waals surface area (Å²) in [5.41, 5.74) is 0. The Morgan fingerprint density at radius 1 is 0.500 bits per heavy atom. The van der Waals surface area contributed by atoms with Crippen LogP contribution in [0, 0.1) is 0 Å². The maximum absolute atomic E-state index is 13.0. The monoisotopic (exact) mass is 1000 g/mol. The van der Waals surface area contributed by atoms with Crippen LogP contribution in [-0.2, 0) is 41.8 Å². The molecule has 1 rings (SSSR count). The number of phosphoric acid groups is 2. The average molecular weight is 1000 g/mol. The van der Waals surface area contributed by atoms with E-state index >= 15 is 0 Å². The molecule has 68 heavy (non-hydrogen) atoms. The van der Waals surface area contributed by atoms with Crippen molar-refractivity contribution in [3.63, 3.8) is 0 Å². The SMILES string of the molecule is CCCCC/C=C\C/C=C\C/C=C\C/C=C\CCCC(=O)OC[C@H](COP(=O)(O)O[C@H]1C(O)C(O)C(O)[C@@H](OP(=O)(O)O)C1O)OC(=O)CCC/C=C\C/C=C\C/C=C\C/C=C\CCCCCO. The Morgan fingerprint density at radius 3 is 1.35 bits per heavy atom. The standard InChI is InChI=1S/C49H80O17P2/c1-2-3-4-5-6-7-8-9-10-12-15-18-21-24-27-30-33-36-42(51)62-39-41(40-63-68(60,61)66-49-46(55)44(53)45(54)48(47(49)56)65-67(57,58)59)64-43(52)37-34-31-28-25-22-19-16-13-11-14-17-20-23-26-29-32-35-38-50/h6-7,9-11,14-16,18-20,23-25,27-28,41,44-50,53-56H,2-5,8,12-13,17,21-22,26,29-40H2,1H3,(H,60,61)(H2,57,58,59)/b7-6-,10-9-,14-11-,18-15-,19-16-,23-20-,27-24-,28-25-/t41-,44?,45?,46?,47?,48-,49+/m1/s1. The zero-order valence-electron chi connectivity index (χ0n) is 39.7. The van der Waals surface area contributed by atoms with E-state index in [9.17, 15) is 53.8 Å². The van der Waals surface area contributed by atoms with E-state index in [1.807, 2.05) is 30.4 Å². The van der Waals surface area contributed by atoms with Gasteiger partial charge in [-0.05, 0) is 96.3 Å². The third-order valence-electron chi connectivity index (χ3n) is 10.2. The van der Waals surface area contributed by atoms with Gasteiger partial charge in [0.1, 0.15) is 43.2 Å². The topological polar surface area (TPSA) is 276 Å². The third kappa shape index (κ3) is 33.4. The van der Waals surface area contributed by atoms with Gasteiger partial charge in [0.2, 0.25) is 0 Å². The van der Waals surface area contributed by atoms with Gasteiger partial charge in [0, 0.05) is 19.4 Å². The van der Waals surface area contributed by atoms with Crippen LogP contribution in [0.3, 0.4) is 0 Å². The molecule has 0 saturated heterocycles. The molecule has 17 nitrogen and oxygen atoms in total. The summed E-state index contributed by atoms with van der Waals surface area (Å²) >= 11 is 0. The molecule has 0 aromatic carbocycles. The highest BCUT2D eigenvalue weighted by Crippen LogP contribution is 2.49. The molecule has 8 atom stereocenters. The molecule has 19 heteroatoms. The van der Waals surface area contributed by atoms with E-state index < -0.39 is 83.5 Å². The maximum atomic E-state index is 13.0. The molecule has 0 radical (unpaired) electrons. The Kier molecular flexibility index (Phi) is 36.6. The summed E-state index contributed by atoms with van der Waals surface area (Å²) in [6, 6.07) is 0. The van der Waals surface area contributed by atoms with Gasteiger partial charge in [0.05, 0.1) is 6.61 Å². The molecule has 0 amide bonds. The summed E-state index contributed by atoms with van der Waals surface area (Å²) in [6.07, 6.45) is 33.9. The number of aliphatic hydroxyl groups excluding tert-OH is 5. The lowest BCUT2D eigenvalue weighted by molar-refractivity contribution is -0.216. The summed E-state index contributed by atoms with van der Waals surface area (Å²) in [5, 5.41) is 50.0. The van der Waals surface area contributed by atoms with Crippen molar-refractivity contribution < 1.29 is 82.0 Å². The van der Waals surface area contributed by atoms with Gasteiger partial charge >= 0.3 is 27.6 Å². The number of rotatable bonds is 39. The Balaban J connectivity index is 2.67. The lowest BCUT2D eigenvalue weighted by Gasteiger charge is -2.43. The van der Waals surface area contributed by atoms with Crippen LogP contribution >= 0.6 is 15.6 Å². The van der Waals surface area contributed by atoms with Gasteiger partial charge in [-0.15, -0.1) is 0 Å². The Morgan fingerprint density at radius 2 is 0.912 bits per heavy atom. The molecule has 0 heterocycles. The zero-order chi connectivity index (χ0) is 50.3. The lowest BCUT2D eigenvalue weighted by Crippen LogP contribution is -2.64. The highest BCUT2D eigenvalue weighted by Gasteiger charge is 2.54. The fourth-order valence-electron chi connectivity index (χ4n) is 6.46. The highest BCUT2D eigenvalue weighted by atomic mass is 31.2. The smallest absolute Gasteiger partial charge is 0.462 e. The first-order valence-corrected chi connectivity index (χ1v) is 26.9. The molecule has 0 bridgehead atoms. The first-order valence-electron chi connectivity index (χ1n) is 23.9. The number of hydrogen-bond donors (Lipinski definition) is 8. The number of unbranched alkanes of at least 4 members (excludes halogenated alkanes) is 8. The van der Waals surface area contributed by atoms with Gasteiger partial charge in [-0.2, -0.15) is 0 Å². The van der Waals surface area contributed by atoms with Crippen LogP contribution in [0.4, 0.5) is 0 Å². The molecule has 1 fully saturated rings. The summed E-state index contributed by atoms with van der Waals surface area (Å²) in [5.74, 6) is -1.36. The van der Waals surface area contributed by atoms with Gasteiger partial charge in [0.25, 0.3) is 0 Å². The summed E-state index contributed by atoms with van der Waals surface area (Å²) in [4.78, 5) is 54.2. The highest BCUT2D eigenvalue weighted by molar-refractivity contribution is 7.47. The fraction of sp³-hybridized carbons (Fsp3) is 0.633. The van der Waals surface area contributed by atoms with E-state index in [1.165, 1.54) is 19.3 Å². The number of carbonyl (C=O) groups excluding carboxylic acids is 2. The number of allylic oxidation sites excluding steroid dienone is 16. The number of hydrogen-bond acceptors (Lipinski definition) is 14. The Hall–Kier alpha value is -3.12. The van der Waals surface area contributed by atoms with E-state index in [-0.39, 0.29) is 19.4 Å². The van der Waals surface area contributed by atoms with Gasteiger partial charge in [-0.25, -0.2) is 9.13 Å². The number of ether oxygens (including phenoxy) is 2. The maximum Gasteiger partial charge on any atom is 0.472 e. The van der Waals surface area contributed by atoms with Crippen molar-refractivity contribution in [1.82, 2.24) is 0 Å². The second-order valence-electron chi connectivity index (χ2n) is 16.2. The van der Waals surface area contributed by atoms with Crippen LogP contribution < -0.4 is 0 Å². The van der Waals surface area contributed by atoms with E-state index in [0.717, 1.165) is 64.2 Å². The summed E-state index contributed by atoms with van der Waals surface area (Å²) < 4.78 is 49.2. The minimum absolute atomic E-state index is 0.0221. The number of phosphoric ester groups is 2. The Bertz CT molecular complexity index is 1680. The summed E-state index contributed by atoms with van der Waals surface area (Å²) in [6.45, 7) is 0.980. The second-order valence-corrected chi connectivity index (χ2v) is 18.8. The van der Waals surface area contributed by atoms with Crippen LogP contribution in [-0.4, -0.2) is 115 Å². The normalized spacial score (nSPS) is 22.1. The van der Waals surface area contributed by atoms with Gasteiger partial charge in [-0.1, -0.05) is 123 Å². The second kappa shape index (κ2) is 39.6. The molecule has 388 valence electrons. The quantitative estimate of drug-likeness (QED) is 0.0125. The van der Waals surface area contributed by atoms with E-state index in [1.54, 1.807) is 0 Å². The molecule has 1 aliphatic carbocycles. The third-order valence-corrected chi connectivity index (χ3v) is 11.7. The predicted octanol–water partition coefficient (Wildman–Crippen LogP) is 8.14. The molecule has 1 saturated carbocycles. The minimum Gasteiger partial charge on any atom is -0.462 e. The van der Waals surface area contributed by atoms with Crippen LogP contribution in [0.25, 0.3) is 0 Å². The molecule has 0 aliphatic heterocycles. The van der Waals surface area contributed by atoms with Gasteiger partial charge in [0.15, 0.2) is 6.10 Å². The van der Waals surface area contributed by atoms with E-state index in [2.05, 4.69) is 78.3 Å².